The number of aromatic nitrogens is 4. The lowest BCUT2D eigenvalue weighted by Crippen LogP contribution is -2.37. The standard InChI is InChI=1S/C13H17N5O2/c1-8-9(7-18(2)17-8)12-10(4-6-20-12)15-13(19)11-3-5-14-16-11/h3,5,7,10,12H,4,6H2,1-2H3,(H,14,16)(H,15,19)/t10-,12+/m0/s1. The molecular weight excluding hydrogens is 258 g/mol. The molecule has 2 N–H and O–H groups in total. The van der Waals surface area contributed by atoms with Crippen molar-refractivity contribution in [2.45, 2.75) is 25.5 Å². The highest BCUT2D eigenvalue weighted by Crippen LogP contribution is 2.30. The normalized spacial score (nSPS) is 22.1. The van der Waals surface area contributed by atoms with Gasteiger partial charge in [-0.1, -0.05) is 0 Å². The molecule has 0 aromatic carbocycles. The Balaban J connectivity index is 1.76. The highest BCUT2D eigenvalue weighted by atomic mass is 16.5. The van der Waals surface area contributed by atoms with Crippen molar-refractivity contribution in [1.82, 2.24) is 25.3 Å². The third-order valence-electron chi connectivity index (χ3n) is 3.51. The number of hydrogen-bond acceptors (Lipinski definition) is 4. The van der Waals surface area contributed by atoms with Crippen molar-refractivity contribution in [2.75, 3.05) is 6.61 Å². The molecule has 2 aromatic heterocycles. The number of aromatic amines is 1. The monoisotopic (exact) mass is 275 g/mol. The van der Waals surface area contributed by atoms with Crippen LogP contribution in [0.15, 0.2) is 18.5 Å². The van der Waals surface area contributed by atoms with Crippen LogP contribution >= 0.6 is 0 Å². The van der Waals surface area contributed by atoms with Gasteiger partial charge in [0, 0.05) is 31.6 Å². The summed E-state index contributed by atoms with van der Waals surface area (Å²) in [5.41, 5.74) is 2.42. The summed E-state index contributed by atoms with van der Waals surface area (Å²) < 4.78 is 7.53. The minimum atomic E-state index is -0.162. The van der Waals surface area contributed by atoms with Gasteiger partial charge in [-0.05, 0) is 19.4 Å². The molecule has 106 valence electrons. The number of ether oxygens (including phenoxy) is 1. The molecule has 0 unspecified atom stereocenters. The van der Waals surface area contributed by atoms with E-state index >= 15 is 0 Å². The molecule has 1 aliphatic heterocycles. The number of aryl methyl sites for hydroxylation is 2. The largest absolute Gasteiger partial charge is 0.371 e. The van der Waals surface area contributed by atoms with Crippen molar-refractivity contribution in [1.29, 1.82) is 0 Å². The predicted octanol–water partition coefficient (Wildman–Crippen LogP) is 0.712. The van der Waals surface area contributed by atoms with Crippen LogP contribution in [0.3, 0.4) is 0 Å². The van der Waals surface area contributed by atoms with Crippen LogP contribution in [0.4, 0.5) is 0 Å². The fraction of sp³-hybridized carbons (Fsp3) is 0.462. The van der Waals surface area contributed by atoms with Crippen LogP contribution in [0.1, 0.15) is 34.3 Å². The maximum absolute atomic E-state index is 12.1. The van der Waals surface area contributed by atoms with Crippen LogP contribution in [0.25, 0.3) is 0 Å². The summed E-state index contributed by atoms with van der Waals surface area (Å²) in [6.07, 6.45) is 4.15. The molecule has 1 saturated heterocycles. The molecule has 1 aliphatic rings. The average molecular weight is 275 g/mol. The van der Waals surface area contributed by atoms with Gasteiger partial charge in [0.1, 0.15) is 11.8 Å². The van der Waals surface area contributed by atoms with Crippen LogP contribution in [-0.2, 0) is 11.8 Å². The van der Waals surface area contributed by atoms with E-state index in [1.165, 1.54) is 0 Å². The molecule has 0 radical (unpaired) electrons. The molecular formula is C13H17N5O2. The number of nitrogens with zero attached hydrogens (tertiary/aromatic N) is 3. The second kappa shape index (κ2) is 5.09. The first kappa shape index (κ1) is 12.9. The summed E-state index contributed by atoms with van der Waals surface area (Å²) in [6.45, 7) is 2.58. The second-order valence-corrected chi connectivity index (χ2v) is 4.97. The van der Waals surface area contributed by atoms with Gasteiger partial charge in [-0.2, -0.15) is 10.2 Å². The highest BCUT2D eigenvalue weighted by molar-refractivity contribution is 5.92. The summed E-state index contributed by atoms with van der Waals surface area (Å²) in [5.74, 6) is -0.162. The van der Waals surface area contributed by atoms with E-state index in [1.54, 1.807) is 16.9 Å². The molecule has 3 heterocycles. The molecule has 7 heteroatoms. The molecule has 3 rings (SSSR count). The van der Waals surface area contributed by atoms with Crippen molar-refractivity contribution >= 4 is 5.91 Å². The highest BCUT2D eigenvalue weighted by Gasteiger charge is 2.33. The molecule has 0 spiro atoms. The van der Waals surface area contributed by atoms with Crippen LogP contribution in [0, 0.1) is 6.92 Å². The predicted molar refractivity (Wildman–Crippen MR) is 71.1 cm³/mol. The molecule has 20 heavy (non-hydrogen) atoms. The Hall–Kier alpha value is -2.15. The van der Waals surface area contributed by atoms with Crippen LogP contribution in [0.2, 0.25) is 0 Å². The number of amides is 1. The van der Waals surface area contributed by atoms with Crippen molar-refractivity contribution in [3.05, 3.63) is 35.4 Å². The van der Waals surface area contributed by atoms with Gasteiger partial charge >= 0.3 is 0 Å². The number of nitrogens with one attached hydrogen (secondary N) is 2. The smallest absolute Gasteiger partial charge is 0.269 e. The Morgan fingerprint density at radius 2 is 2.45 bits per heavy atom. The molecule has 0 saturated carbocycles. The van der Waals surface area contributed by atoms with Gasteiger partial charge in [-0.25, -0.2) is 0 Å². The first-order valence-electron chi connectivity index (χ1n) is 6.57. The number of rotatable bonds is 3. The molecule has 1 amide bonds. The Labute approximate surface area is 116 Å². The van der Waals surface area contributed by atoms with Gasteiger partial charge in [0.05, 0.1) is 11.7 Å². The second-order valence-electron chi connectivity index (χ2n) is 4.97. The maximum atomic E-state index is 12.1. The van der Waals surface area contributed by atoms with E-state index in [2.05, 4.69) is 20.6 Å². The lowest BCUT2D eigenvalue weighted by Gasteiger charge is -2.19. The molecule has 2 atom stereocenters. The van der Waals surface area contributed by atoms with Crippen LogP contribution in [0.5, 0.6) is 0 Å². The first-order chi connectivity index (χ1) is 9.65. The minimum Gasteiger partial charge on any atom is -0.371 e. The SMILES string of the molecule is Cc1nn(C)cc1[C@H]1OCC[C@@H]1NC(=O)c1ccn[nH]1. The zero-order valence-electron chi connectivity index (χ0n) is 11.5. The Morgan fingerprint density at radius 1 is 1.60 bits per heavy atom. The van der Waals surface area contributed by atoms with E-state index in [9.17, 15) is 4.79 Å². The summed E-state index contributed by atoms with van der Waals surface area (Å²) >= 11 is 0. The van der Waals surface area contributed by atoms with E-state index in [-0.39, 0.29) is 18.1 Å². The van der Waals surface area contributed by atoms with E-state index in [0.717, 1.165) is 17.7 Å². The lowest BCUT2D eigenvalue weighted by molar-refractivity contribution is 0.0816. The van der Waals surface area contributed by atoms with Gasteiger partial charge in [0.2, 0.25) is 0 Å². The van der Waals surface area contributed by atoms with Gasteiger partial charge in [0.15, 0.2) is 0 Å². The van der Waals surface area contributed by atoms with Gasteiger partial charge in [-0.3, -0.25) is 14.6 Å². The number of hydrogen-bond donors (Lipinski definition) is 2. The van der Waals surface area contributed by atoms with Gasteiger partial charge in [-0.15, -0.1) is 0 Å². The number of carbonyl (C=O) groups excluding carboxylic acids is 1. The zero-order chi connectivity index (χ0) is 14.1. The van der Waals surface area contributed by atoms with Crippen molar-refractivity contribution in [3.63, 3.8) is 0 Å². The number of carbonyl (C=O) groups is 1. The fourth-order valence-electron chi connectivity index (χ4n) is 2.57. The Kier molecular flexibility index (Phi) is 3.27. The quantitative estimate of drug-likeness (QED) is 0.864. The summed E-state index contributed by atoms with van der Waals surface area (Å²) in [4.78, 5) is 12.1. The maximum Gasteiger partial charge on any atom is 0.269 e. The minimum absolute atomic E-state index is 0.0475. The average Bonchev–Trinajstić information content (AvgIpc) is 3.10. The summed E-state index contributed by atoms with van der Waals surface area (Å²) in [6, 6.07) is 1.60. The third kappa shape index (κ3) is 2.32. The summed E-state index contributed by atoms with van der Waals surface area (Å²) in [5, 5.41) is 13.8. The van der Waals surface area contributed by atoms with Gasteiger partial charge in [0.25, 0.3) is 5.91 Å². The first-order valence-corrected chi connectivity index (χ1v) is 6.57. The lowest BCUT2D eigenvalue weighted by atomic mass is 10.0. The summed E-state index contributed by atoms with van der Waals surface area (Å²) in [7, 11) is 1.88. The topological polar surface area (TPSA) is 84.8 Å². The Bertz CT molecular complexity index is 604. The van der Waals surface area contributed by atoms with E-state index < -0.39 is 0 Å². The Morgan fingerprint density at radius 3 is 3.10 bits per heavy atom. The third-order valence-corrected chi connectivity index (χ3v) is 3.51. The molecule has 0 bridgehead atoms. The van der Waals surface area contributed by atoms with Crippen molar-refractivity contribution < 1.29 is 9.53 Å². The fourth-order valence-corrected chi connectivity index (χ4v) is 2.57. The van der Waals surface area contributed by atoms with E-state index in [0.29, 0.717) is 12.3 Å². The van der Waals surface area contributed by atoms with Crippen molar-refractivity contribution in [2.24, 2.45) is 7.05 Å². The number of H-pyrrole nitrogens is 1. The molecule has 7 nitrogen and oxygen atoms in total. The van der Waals surface area contributed by atoms with Gasteiger partial charge < -0.3 is 10.1 Å². The van der Waals surface area contributed by atoms with Crippen LogP contribution < -0.4 is 5.32 Å². The molecule has 2 aromatic rings. The molecule has 0 aliphatic carbocycles. The van der Waals surface area contributed by atoms with Crippen LogP contribution in [-0.4, -0.2) is 38.5 Å². The zero-order valence-corrected chi connectivity index (χ0v) is 11.5. The van der Waals surface area contributed by atoms with E-state index in [1.807, 2.05) is 20.2 Å². The molecule has 1 fully saturated rings. The van der Waals surface area contributed by atoms with E-state index in [4.69, 9.17) is 4.74 Å². The van der Waals surface area contributed by atoms with Crippen molar-refractivity contribution in [3.8, 4) is 0 Å².